The minimum atomic E-state index is 0.809. The first-order valence-corrected chi connectivity index (χ1v) is 6.09. The third-order valence-electron chi connectivity index (χ3n) is 3.07. The van der Waals surface area contributed by atoms with E-state index in [1.165, 1.54) is 16.3 Å². The first-order chi connectivity index (χ1) is 8.93. The Morgan fingerprint density at radius 1 is 0.944 bits per heavy atom. The third-order valence-corrected chi connectivity index (χ3v) is 3.07. The van der Waals surface area contributed by atoms with E-state index in [-0.39, 0.29) is 0 Å². The first-order valence-electron chi connectivity index (χ1n) is 6.09. The van der Waals surface area contributed by atoms with E-state index < -0.39 is 0 Å². The lowest BCUT2D eigenvalue weighted by atomic mass is 10.0. The van der Waals surface area contributed by atoms with E-state index in [1.807, 2.05) is 6.07 Å². The van der Waals surface area contributed by atoms with Crippen LogP contribution < -0.4 is 5.32 Å². The molecule has 2 aromatic carbocycles. The smallest absolute Gasteiger partial charge is 0.0490 e. The molecule has 0 amide bonds. The van der Waals surface area contributed by atoms with Crippen molar-refractivity contribution >= 4 is 10.8 Å². The van der Waals surface area contributed by atoms with Crippen molar-refractivity contribution in [1.82, 2.24) is 15.5 Å². The van der Waals surface area contributed by atoms with Crippen LogP contribution in [-0.2, 0) is 13.1 Å². The van der Waals surface area contributed by atoms with Crippen LogP contribution in [0.3, 0.4) is 0 Å². The van der Waals surface area contributed by atoms with Gasteiger partial charge in [-0.15, -0.1) is 0 Å². The lowest BCUT2D eigenvalue weighted by molar-refractivity contribution is 0.680. The van der Waals surface area contributed by atoms with E-state index in [4.69, 9.17) is 0 Å². The summed E-state index contributed by atoms with van der Waals surface area (Å²) in [6, 6.07) is 16.9. The zero-order valence-electron chi connectivity index (χ0n) is 10.1. The molecule has 3 rings (SSSR count). The van der Waals surface area contributed by atoms with Crippen molar-refractivity contribution in [2.75, 3.05) is 0 Å². The van der Waals surface area contributed by atoms with Crippen molar-refractivity contribution in [3.8, 4) is 0 Å². The van der Waals surface area contributed by atoms with Gasteiger partial charge in [-0.25, -0.2) is 0 Å². The molecule has 3 nitrogen and oxygen atoms in total. The topological polar surface area (TPSA) is 40.7 Å². The Morgan fingerprint density at radius 3 is 2.72 bits per heavy atom. The Hall–Kier alpha value is -2.13. The molecule has 0 bridgehead atoms. The number of nitrogens with one attached hydrogen (secondary N) is 2. The number of hydrogen-bond donors (Lipinski definition) is 2. The van der Waals surface area contributed by atoms with Gasteiger partial charge < -0.3 is 5.32 Å². The molecule has 0 aliphatic rings. The Morgan fingerprint density at radius 2 is 1.83 bits per heavy atom. The van der Waals surface area contributed by atoms with Crippen LogP contribution in [0.4, 0.5) is 0 Å². The molecular formula is C15H15N3. The molecule has 0 radical (unpaired) electrons. The monoisotopic (exact) mass is 237 g/mol. The molecule has 1 heterocycles. The number of nitrogens with zero attached hydrogens (tertiary/aromatic N) is 1. The number of H-pyrrole nitrogens is 1. The van der Waals surface area contributed by atoms with Crippen molar-refractivity contribution in [3.05, 3.63) is 66.0 Å². The molecule has 0 spiro atoms. The molecule has 0 saturated carbocycles. The van der Waals surface area contributed by atoms with Gasteiger partial charge in [0, 0.05) is 25.0 Å². The molecule has 0 aliphatic carbocycles. The maximum atomic E-state index is 3.93. The molecule has 0 atom stereocenters. The van der Waals surface area contributed by atoms with Crippen LogP contribution in [0.1, 0.15) is 11.3 Å². The quantitative estimate of drug-likeness (QED) is 0.732. The fourth-order valence-corrected chi connectivity index (χ4v) is 2.16. The predicted molar refractivity (Wildman–Crippen MR) is 73.1 cm³/mol. The summed E-state index contributed by atoms with van der Waals surface area (Å²) >= 11 is 0. The first kappa shape index (κ1) is 11.0. The van der Waals surface area contributed by atoms with Gasteiger partial charge in [0.05, 0.1) is 0 Å². The summed E-state index contributed by atoms with van der Waals surface area (Å²) < 4.78 is 0. The molecule has 3 heteroatoms. The van der Waals surface area contributed by atoms with Gasteiger partial charge in [-0.05, 0) is 22.4 Å². The average molecular weight is 237 g/mol. The highest BCUT2D eigenvalue weighted by atomic mass is 15.1. The fourth-order valence-electron chi connectivity index (χ4n) is 2.16. The molecule has 0 fully saturated rings. The van der Waals surface area contributed by atoms with Crippen molar-refractivity contribution < 1.29 is 0 Å². The fraction of sp³-hybridized carbons (Fsp3) is 0.133. The van der Waals surface area contributed by atoms with E-state index in [2.05, 4.69) is 58.0 Å². The van der Waals surface area contributed by atoms with E-state index in [1.54, 1.807) is 6.20 Å². The molecule has 0 aliphatic heterocycles. The summed E-state index contributed by atoms with van der Waals surface area (Å²) in [6.45, 7) is 1.67. The number of benzene rings is 2. The van der Waals surface area contributed by atoms with Crippen LogP contribution in [0.2, 0.25) is 0 Å². The van der Waals surface area contributed by atoms with Gasteiger partial charge in [0.25, 0.3) is 0 Å². The van der Waals surface area contributed by atoms with Crippen molar-refractivity contribution in [2.24, 2.45) is 0 Å². The van der Waals surface area contributed by atoms with Gasteiger partial charge >= 0.3 is 0 Å². The number of rotatable bonds is 4. The Bertz CT molecular complexity index is 624. The highest BCUT2D eigenvalue weighted by Gasteiger charge is 2.00. The molecule has 90 valence electrons. The normalized spacial score (nSPS) is 10.9. The van der Waals surface area contributed by atoms with Gasteiger partial charge in [-0.3, -0.25) is 5.10 Å². The molecular weight excluding hydrogens is 222 g/mol. The van der Waals surface area contributed by atoms with Crippen molar-refractivity contribution in [3.63, 3.8) is 0 Å². The van der Waals surface area contributed by atoms with Crippen LogP contribution >= 0.6 is 0 Å². The zero-order chi connectivity index (χ0) is 12.2. The van der Waals surface area contributed by atoms with Crippen LogP contribution in [0, 0.1) is 0 Å². The average Bonchev–Trinajstić information content (AvgIpc) is 2.92. The van der Waals surface area contributed by atoms with E-state index in [0.717, 1.165) is 18.8 Å². The van der Waals surface area contributed by atoms with E-state index >= 15 is 0 Å². The third kappa shape index (κ3) is 2.26. The zero-order valence-corrected chi connectivity index (χ0v) is 10.1. The minimum Gasteiger partial charge on any atom is -0.307 e. The summed E-state index contributed by atoms with van der Waals surface area (Å²) in [5, 5.41) is 12.9. The van der Waals surface area contributed by atoms with Crippen LogP contribution in [0.25, 0.3) is 10.8 Å². The molecule has 2 N–H and O–H groups in total. The summed E-state index contributed by atoms with van der Waals surface area (Å²) in [5.74, 6) is 0. The second-order valence-electron chi connectivity index (χ2n) is 4.32. The maximum Gasteiger partial charge on any atom is 0.0490 e. The minimum absolute atomic E-state index is 0.809. The Balaban J connectivity index is 1.74. The highest BCUT2D eigenvalue weighted by molar-refractivity contribution is 5.85. The lowest BCUT2D eigenvalue weighted by Gasteiger charge is -2.07. The summed E-state index contributed by atoms with van der Waals surface area (Å²) in [7, 11) is 0. The van der Waals surface area contributed by atoms with Gasteiger partial charge in [-0.2, -0.15) is 5.10 Å². The number of hydrogen-bond acceptors (Lipinski definition) is 2. The summed E-state index contributed by atoms with van der Waals surface area (Å²) in [6.07, 6.45) is 1.77. The molecule has 3 aromatic rings. The highest BCUT2D eigenvalue weighted by Crippen LogP contribution is 2.18. The van der Waals surface area contributed by atoms with Crippen LogP contribution in [0.5, 0.6) is 0 Å². The van der Waals surface area contributed by atoms with Crippen LogP contribution in [-0.4, -0.2) is 10.2 Å². The standard InChI is InChI=1S/C15H15N3/c1-2-7-15-12(4-1)5-3-6-13(15)10-16-11-14-8-9-17-18-14/h1-9,16H,10-11H2,(H,17,18). The maximum absolute atomic E-state index is 3.93. The Kier molecular flexibility index (Phi) is 3.07. The second-order valence-corrected chi connectivity index (χ2v) is 4.32. The Labute approximate surface area is 106 Å². The molecule has 18 heavy (non-hydrogen) atoms. The molecule has 1 aromatic heterocycles. The van der Waals surface area contributed by atoms with Gasteiger partial charge in [0.2, 0.25) is 0 Å². The lowest BCUT2D eigenvalue weighted by Crippen LogP contribution is -2.13. The number of aromatic nitrogens is 2. The summed E-state index contributed by atoms with van der Waals surface area (Å²) in [4.78, 5) is 0. The van der Waals surface area contributed by atoms with Gasteiger partial charge in [-0.1, -0.05) is 42.5 Å². The largest absolute Gasteiger partial charge is 0.307 e. The van der Waals surface area contributed by atoms with E-state index in [0.29, 0.717) is 0 Å². The number of fused-ring (bicyclic) bond motifs is 1. The van der Waals surface area contributed by atoms with Crippen molar-refractivity contribution in [1.29, 1.82) is 0 Å². The van der Waals surface area contributed by atoms with Gasteiger partial charge in [0.1, 0.15) is 0 Å². The SMILES string of the molecule is c1ccc2c(CNCc3ccn[nH]3)cccc2c1. The molecule has 0 unspecified atom stereocenters. The summed E-state index contributed by atoms with van der Waals surface area (Å²) in [5.41, 5.74) is 2.43. The molecule has 0 saturated heterocycles. The predicted octanol–water partition coefficient (Wildman–Crippen LogP) is 2.85. The van der Waals surface area contributed by atoms with Crippen molar-refractivity contribution in [2.45, 2.75) is 13.1 Å². The number of aromatic amines is 1. The second kappa shape index (κ2) is 5.02. The van der Waals surface area contributed by atoms with Gasteiger partial charge in [0.15, 0.2) is 0 Å². The van der Waals surface area contributed by atoms with E-state index in [9.17, 15) is 0 Å². The van der Waals surface area contributed by atoms with Crippen LogP contribution in [0.15, 0.2) is 54.7 Å².